The van der Waals surface area contributed by atoms with Gasteiger partial charge in [-0.05, 0) is 37.6 Å². The van der Waals surface area contributed by atoms with E-state index in [4.69, 9.17) is 4.74 Å². The van der Waals surface area contributed by atoms with E-state index in [-0.39, 0.29) is 22.7 Å². The summed E-state index contributed by atoms with van der Waals surface area (Å²) in [6.45, 7) is 3.72. The minimum Gasteiger partial charge on any atom is -0.462 e. The van der Waals surface area contributed by atoms with Crippen molar-refractivity contribution in [1.29, 1.82) is 0 Å². The number of anilines is 1. The maximum atomic E-state index is 12.8. The van der Waals surface area contributed by atoms with Crippen LogP contribution in [0.4, 0.5) is 18.2 Å². The van der Waals surface area contributed by atoms with Gasteiger partial charge >= 0.3 is 12.1 Å². The molecule has 0 aliphatic carbocycles. The number of halogens is 3. The van der Waals surface area contributed by atoms with E-state index in [9.17, 15) is 22.8 Å². The highest BCUT2D eigenvalue weighted by atomic mass is 32.1. The molecule has 0 spiro atoms. The number of ether oxygens (including phenoxy) is 1. The average Bonchev–Trinajstić information content (AvgIpc) is 2.97. The lowest BCUT2D eigenvalue weighted by atomic mass is 10.1. The number of carbonyl (C=O) groups is 2. The summed E-state index contributed by atoms with van der Waals surface area (Å²) in [5.74, 6) is -1.31. The van der Waals surface area contributed by atoms with Crippen LogP contribution >= 0.6 is 11.3 Å². The first-order chi connectivity index (χ1) is 11.8. The molecule has 0 saturated heterocycles. The van der Waals surface area contributed by atoms with Gasteiger partial charge in [0.1, 0.15) is 5.00 Å². The van der Waals surface area contributed by atoms with Crippen LogP contribution in [-0.2, 0) is 17.3 Å². The molecule has 134 valence electrons. The van der Waals surface area contributed by atoms with Crippen LogP contribution < -0.4 is 5.32 Å². The first kappa shape index (κ1) is 19.0. The monoisotopic (exact) mass is 371 g/mol. The predicted molar refractivity (Wildman–Crippen MR) is 89.1 cm³/mol. The fourth-order valence-electron chi connectivity index (χ4n) is 2.08. The van der Waals surface area contributed by atoms with Crippen molar-refractivity contribution >= 4 is 28.2 Å². The number of esters is 1. The van der Waals surface area contributed by atoms with Crippen LogP contribution in [0.5, 0.6) is 0 Å². The normalized spacial score (nSPS) is 11.2. The molecule has 4 nitrogen and oxygen atoms in total. The fourth-order valence-corrected chi connectivity index (χ4v) is 3.06. The molecular formula is C17H16F3NO3S. The van der Waals surface area contributed by atoms with Gasteiger partial charge in [0, 0.05) is 10.4 Å². The summed E-state index contributed by atoms with van der Waals surface area (Å²) in [5.41, 5.74) is -0.855. The second kappa shape index (κ2) is 7.69. The summed E-state index contributed by atoms with van der Waals surface area (Å²) in [7, 11) is 0. The molecule has 0 saturated carbocycles. The van der Waals surface area contributed by atoms with Crippen LogP contribution in [-0.4, -0.2) is 18.5 Å². The molecule has 0 radical (unpaired) electrons. The minimum absolute atomic E-state index is 0.143. The molecule has 1 amide bonds. The highest BCUT2D eigenvalue weighted by Gasteiger charge is 2.31. The maximum Gasteiger partial charge on any atom is 0.416 e. The Hall–Kier alpha value is -2.35. The molecule has 2 aromatic rings. The molecule has 8 heteroatoms. The molecule has 0 aliphatic rings. The first-order valence-electron chi connectivity index (χ1n) is 7.54. The molecular weight excluding hydrogens is 355 g/mol. The zero-order valence-electron chi connectivity index (χ0n) is 13.6. The lowest BCUT2D eigenvalue weighted by molar-refractivity contribution is -0.137. The zero-order valence-corrected chi connectivity index (χ0v) is 14.4. The highest BCUT2D eigenvalue weighted by molar-refractivity contribution is 7.16. The molecule has 0 aliphatic heterocycles. The van der Waals surface area contributed by atoms with Gasteiger partial charge in [0.2, 0.25) is 0 Å². The molecule has 1 aromatic heterocycles. The number of hydrogen-bond donors (Lipinski definition) is 1. The van der Waals surface area contributed by atoms with E-state index in [1.165, 1.54) is 17.4 Å². The Balaban J connectivity index is 2.29. The van der Waals surface area contributed by atoms with Crippen molar-refractivity contribution in [3.63, 3.8) is 0 Å². The lowest BCUT2D eigenvalue weighted by Gasteiger charge is -2.09. The third kappa shape index (κ3) is 4.60. The van der Waals surface area contributed by atoms with Crippen LogP contribution in [0, 0.1) is 0 Å². The number of benzene rings is 1. The van der Waals surface area contributed by atoms with Gasteiger partial charge in [-0.2, -0.15) is 13.2 Å². The summed E-state index contributed by atoms with van der Waals surface area (Å²) in [5, 5.41) is 2.77. The average molecular weight is 371 g/mol. The van der Waals surface area contributed by atoms with Gasteiger partial charge in [0.05, 0.1) is 17.7 Å². The van der Waals surface area contributed by atoms with Crippen molar-refractivity contribution in [2.45, 2.75) is 26.4 Å². The number of carbonyl (C=O) groups excluding carboxylic acids is 2. The second-order valence-electron chi connectivity index (χ2n) is 5.06. The summed E-state index contributed by atoms with van der Waals surface area (Å²) in [6, 6.07) is 5.72. The van der Waals surface area contributed by atoms with Gasteiger partial charge in [-0.25, -0.2) is 4.79 Å². The quantitative estimate of drug-likeness (QED) is 0.771. The van der Waals surface area contributed by atoms with Crippen molar-refractivity contribution in [1.82, 2.24) is 0 Å². The van der Waals surface area contributed by atoms with Gasteiger partial charge in [0.15, 0.2) is 0 Å². The SMILES string of the molecule is CCOC(=O)c1cc(CC)sc1NC(=O)c1cccc(C(F)(F)F)c1. The van der Waals surface area contributed by atoms with Gasteiger partial charge in [0.25, 0.3) is 5.91 Å². The maximum absolute atomic E-state index is 12.8. The minimum atomic E-state index is -4.54. The topological polar surface area (TPSA) is 55.4 Å². The first-order valence-corrected chi connectivity index (χ1v) is 8.36. The summed E-state index contributed by atoms with van der Waals surface area (Å²) in [6.07, 6.45) is -3.89. The highest BCUT2D eigenvalue weighted by Crippen LogP contribution is 2.31. The molecule has 25 heavy (non-hydrogen) atoms. The Morgan fingerprint density at radius 2 is 1.92 bits per heavy atom. The molecule has 0 unspecified atom stereocenters. The number of nitrogens with one attached hydrogen (secondary N) is 1. The number of hydrogen-bond acceptors (Lipinski definition) is 4. The summed E-state index contributed by atoms with van der Waals surface area (Å²) in [4.78, 5) is 25.1. The third-order valence-electron chi connectivity index (χ3n) is 3.31. The Kier molecular flexibility index (Phi) is 5.84. The molecule has 1 heterocycles. The van der Waals surface area contributed by atoms with E-state index in [0.717, 1.165) is 23.1 Å². The smallest absolute Gasteiger partial charge is 0.416 e. The second-order valence-corrected chi connectivity index (χ2v) is 6.20. The number of aryl methyl sites for hydroxylation is 1. The molecule has 2 rings (SSSR count). The molecule has 1 N–H and O–H groups in total. The van der Waals surface area contributed by atoms with Crippen LogP contribution in [0.1, 0.15) is 45.0 Å². The van der Waals surface area contributed by atoms with Crippen LogP contribution in [0.25, 0.3) is 0 Å². The predicted octanol–water partition coefficient (Wildman–Crippen LogP) is 4.76. The van der Waals surface area contributed by atoms with Crippen LogP contribution in [0.2, 0.25) is 0 Å². The largest absolute Gasteiger partial charge is 0.462 e. The van der Waals surface area contributed by atoms with E-state index >= 15 is 0 Å². The van der Waals surface area contributed by atoms with E-state index in [1.807, 2.05) is 6.92 Å². The Labute approximate surface area is 146 Å². The van der Waals surface area contributed by atoms with Crippen molar-refractivity contribution in [3.05, 3.63) is 51.9 Å². The molecule has 0 atom stereocenters. The van der Waals surface area contributed by atoms with Crippen molar-refractivity contribution in [3.8, 4) is 0 Å². The Bertz CT molecular complexity index is 784. The third-order valence-corrected chi connectivity index (χ3v) is 4.50. The van der Waals surface area contributed by atoms with E-state index in [2.05, 4.69) is 5.32 Å². The Morgan fingerprint density at radius 3 is 2.52 bits per heavy atom. The van der Waals surface area contributed by atoms with E-state index in [0.29, 0.717) is 6.42 Å². The number of amides is 1. The van der Waals surface area contributed by atoms with Crippen molar-refractivity contribution in [2.24, 2.45) is 0 Å². The Morgan fingerprint density at radius 1 is 1.20 bits per heavy atom. The number of thiophene rings is 1. The van der Waals surface area contributed by atoms with Gasteiger partial charge in [-0.15, -0.1) is 11.3 Å². The molecule has 1 aromatic carbocycles. The van der Waals surface area contributed by atoms with Gasteiger partial charge in [-0.1, -0.05) is 13.0 Å². The van der Waals surface area contributed by atoms with Crippen molar-refractivity contribution in [2.75, 3.05) is 11.9 Å². The summed E-state index contributed by atoms with van der Waals surface area (Å²) >= 11 is 1.19. The van der Waals surface area contributed by atoms with Gasteiger partial charge in [-0.3, -0.25) is 4.79 Å². The van der Waals surface area contributed by atoms with Gasteiger partial charge < -0.3 is 10.1 Å². The molecule has 0 bridgehead atoms. The fraction of sp³-hybridized carbons (Fsp3) is 0.294. The van der Waals surface area contributed by atoms with E-state index in [1.54, 1.807) is 13.0 Å². The van der Waals surface area contributed by atoms with Crippen LogP contribution in [0.15, 0.2) is 30.3 Å². The summed E-state index contributed by atoms with van der Waals surface area (Å²) < 4.78 is 43.3. The lowest BCUT2D eigenvalue weighted by Crippen LogP contribution is -2.15. The standard InChI is InChI=1S/C17H16F3NO3S/c1-3-12-9-13(16(23)24-4-2)15(25-12)21-14(22)10-6-5-7-11(8-10)17(18,19)20/h5-9H,3-4H2,1-2H3,(H,21,22). The number of rotatable bonds is 5. The molecule has 0 fully saturated rings. The zero-order chi connectivity index (χ0) is 18.6. The van der Waals surface area contributed by atoms with E-state index < -0.39 is 23.6 Å². The number of alkyl halides is 3. The van der Waals surface area contributed by atoms with Crippen molar-refractivity contribution < 1.29 is 27.5 Å². The van der Waals surface area contributed by atoms with Crippen LogP contribution in [0.3, 0.4) is 0 Å².